The Labute approximate surface area is 92.9 Å². The van der Waals surface area contributed by atoms with E-state index in [0.717, 1.165) is 0 Å². The second-order valence-electron chi connectivity index (χ2n) is 3.03. The van der Waals surface area contributed by atoms with Gasteiger partial charge in [-0.1, -0.05) is 0 Å². The van der Waals surface area contributed by atoms with Gasteiger partial charge in [-0.25, -0.2) is 0 Å². The molecule has 0 bridgehead atoms. The van der Waals surface area contributed by atoms with E-state index in [-0.39, 0.29) is 11.5 Å². The van der Waals surface area contributed by atoms with Gasteiger partial charge in [0.15, 0.2) is 0 Å². The van der Waals surface area contributed by atoms with E-state index in [1.165, 1.54) is 39.2 Å². The molecule has 0 saturated carbocycles. The van der Waals surface area contributed by atoms with Gasteiger partial charge in [0.05, 0.1) is 7.11 Å². The first-order chi connectivity index (χ1) is 7.51. The van der Waals surface area contributed by atoms with E-state index >= 15 is 0 Å². The molecule has 0 atom stereocenters. The van der Waals surface area contributed by atoms with Crippen LogP contribution in [0.3, 0.4) is 0 Å². The van der Waals surface area contributed by atoms with E-state index in [9.17, 15) is 9.59 Å². The number of methoxy groups -OCH3 is 1. The Bertz CT molecular complexity index is 377. The van der Waals surface area contributed by atoms with Crippen molar-refractivity contribution in [3.05, 3.63) is 18.2 Å². The van der Waals surface area contributed by atoms with E-state index in [0.29, 0.717) is 5.75 Å². The van der Waals surface area contributed by atoms with E-state index in [4.69, 9.17) is 14.2 Å². The van der Waals surface area contributed by atoms with Gasteiger partial charge in [0, 0.05) is 32.0 Å². The largest absolute Gasteiger partial charge is 0.496 e. The van der Waals surface area contributed by atoms with Crippen molar-refractivity contribution in [3.8, 4) is 17.2 Å². The lowest BCUT2D eigenvalue weighted by atomic mass is 10.3. The fourth-order valence-electron chi connectivity index (χ4n) is 1.11. The molecular weight excluding hydrogens is 212 g/mol. The summed E-state index contributed by atoms with van der Waals surface area (Å²) < 4.78 is 14.7. The van der Waals surface area contributed by atoms with E-state index in [2.05, 4.69) is 0 Å². The zero-order valence-corrected chi connectivity index (χ0v) is 9.27. The predicted octanol–water partition coefficient (Wildman–Crippen LogP) is 1.55. The van der Waals surface area contributed by atoms with Gasteiger partial charge in [-0.3, -0.25) is 9.59 Å². The third-order valence-corrected chi connectivity index (χ3v) is 1.61. The van der Waals surface area contributed by atoms with Crippen LogP contribution < -0.4 is 14.2 Å². The Balaban J connectivity index is 3.00. The van der Waals surface area contributed by atoms with E-state index in [1.54, 1.807) is 0 Å². The molecule has 5 nitrogen and oxygen atoms in total. The quantitative estimate of drug-likeness (QED) is 0.575. The molecule has 0 aliphatic heterocycles. The predicted molar refractivity (Wildman–Crippen MR) is 55.6 cm³/mol. The lowest BCUT2D eigenvalue weighted by Gasteiger charge is -2.08. The Morgan fingerprint density at radius 1 is 0.875 bits per heavy atom. The first-order valence-corrected chi connectivity index (χ1v) is 4.57. The van der Waals surface area contributed by atoms with Crippen LogP contribution in [0.1, 0.15) is 13.8 Å². The van der Waals surface area contributed by atoms with Crippen molar-refractivity contribution in [2.75, 3.05) is 7.11 Å². The van der Waals surface area contributed by atoms with Crippen LogP contribution in [0.4, 0.5) is 0 Å². The second kappa shape index (κ2) is 5.16. The fourth-order valence-corrected chi connectivity index (χ4v) is 1.11. The van der Waals surface area contributed by atoms with E-state index < -0.39 is 11.9 Å². The summed E-state index contributed by atoms with van der Waals surface area (Å²) in [4.78, 5) is 21.6. The highest BCUT2D eigenvalue weighted by Gasteiger charge is 2.07. The first-order valence-electron chi connectivity index (χ1n) is 4.57. The van der Waals surface area contributed by atoms with Gasteiger partial charge in [-0.2, -0.15) is 0 Å². The maximum atomic E-state index is 10.8. The number of rotatable bonds is 3. The van der Waals surface area contributed by atoms with Crippen molar-refractivity contribution in [2.24, 2.45) is 0 Å². The van der Waals surface area contributed by atoms with Crippen molar-refractivity contribution in [1.82, 2.24) is 0 Å². The van der Waals surface area contributed by atoms with Crippen LogP contribution in [0.15, 0.2) is 18.2 Å². The van der Waals surface area contributed by atoms with Crippen molar-refractivity contribution in [3.63, 3.8) is 0 Å². The number of benzene rings is 1. The normalized spacial score (nSPS) is 9.44. The molecule has 0 N–H and O–H groups in total. The molecule has 0 radical (unpaired) electrons. The van der Waals surface area contributed by atoms with Gasteiger partial charge in [0.1, 0.15) is 17.2 Å². The third-order valence-electron chi connectivity index (χ3n) is 1.61. The summed E-state index contributed by atoms with van der Waals surface area (Å²) in [5.41, 5.74) is 0. The molecule has 16 heavy (non-hydrogen) atoms. The minimum atomic E-state index is -0.456. The van der Waals surface area contributed by atoms with Gasteiger partial charge in [0.25, 0.3) is 0 Å². The van der Waals surface area contributed by atoms with Gasteiger partial charge in [0.2, 0.25) is 0 Å². The highest BCUT2D eigenvalue weighted by molar-refractivity contribution is 5.71. The molecule has 0 aromatic heterocycles. The van der Waals surface area contributed by atoms with Crippen LogP contribution in [0, 0.1) is 0 Å². The molecule has 1 aromatic rings. The number of hydrogen-bond acceptors (Lipinski definition) is 5. The zero-order valence-electron chi connectivity index (χ0n) is 9.27. The van der Waals surface area contributed by atoms with Crippen molar-refractivity contribution in [1.29, 1.82) is 0 Å². The summed E-state index contributed by atoms with van der Waals surface area (Å²) in [7, 11) is 1.46. The average molecular weight is 224 g/mol. The number of hydrogen-bond donors (Lipinski definition) is 0. The SMILES string of the molecule is COc1cc(OC(C)=O)cc(OC(C)=O)c1. The van der Waals surface area contributed by atoms with Crippen LogP contribution in [0.5, 0.6) is 17.2 Å². The molecule has 0 heterocycles. The van der Waals surface area contributed by atoms with Crippen molar-refractivity contribution in [2.45, 2.75) is 13.8 Å². The lowest BCUT2D eigenvalue weighted by molar-refractivity contribution is -0.132. The number of carbonyl (C=O) groups is 2. The minimum absolute atomic E-state index is 0.267. The van der Waals surface area contributed by atoms with Gasteiger partial charge < -0.3 is 14.2 Å². The molecule has 86 valence electrons. The molecule has 5 heteroatoms. The highest BCUT2D eigenvalue weighted by Crippen LogP contribution is 2.27. The molecule has 0 aliphatic carbocycles. The van der Waals surface area contributed by atoms with Crippen LogP contribution >= 0.6 is 0 Å². The summed E-state index contributed by atoms with van der Waals surface area (Å²) in [5.74, 6) is 0.0604. The molecule has 1 rings (SSSR count). The molecule has 0 spiro atoms. The number of carbonyl (C=O) groups excluding carboxylic acids is 2. The second-order valence-corrected chi connectivity index (χ2v) is 3.03. The minimum Gasteiger partial charge on any atom is -0.496 e. The topological polar surface area (TPSA) is 61.8 Å². The van der Waals surface area contributed by atoms with Gasteiger partial charge >= 0.3 is 11.9 Å². The van der Waals surface area contributed by atoms with Crippen LogP contribution in [0.2, 0.25) is 0 Å². The molecule has 1 aromatic carbocycles. The van der Waals surface area contributed by atoms with Crippen LogP contribution in [0.25, 0.3) is 0 Å². The highest BCUT2D eigenvalue weighted by atomic mass is 16.5. The van der Waals surface area contributed by atoms with Crippen molar-refractivity contribution < 1.29 is 23.8 Å². The molecule has 0 aliphatic rings. The Hall–Kier alpha value is -2.04. The summed E-state index contributed by atoms with van der Waals surface area (Å²) in [5, 5.41) is 0. The Morgan fingerprint density at radius 3 is 1.56 bits per heavy atom. The summed E-state index contributed by atoms with van der Waals surface area (Å²) >= 11 is 0. The van der Waals surface area contributed by atoms with Gasteiger partial charge in [-0.05, 0) is 0 Å². The molecule has 0 fully saturated rings. The molecular formula is C11H12O5. The van der Waals surface area contributed by atoms with E-state index in [1.807, 2.05) is 0 Å². The monoisotopic (exact) mass is 224 g/mol. The standard InChI is InChI=1S/C11H12O5/c1-7(12)15-10-4-9(14-3)5-11(6-10)16-8(2)13/h4-6H,1-3H3. The summed E-state index contributed by atoms with van der Waals surface area (Å²) in [6.45, 7) is 2.57. The molecule has 0 saturated heterocycles. The lowest BCUT2D eigenvalue weighted by Crippen LogP contribution is -2.04. The van der Waals surface area contributed by atoms with Gasteiger partial charge in [-0.15, -0.1) is 0 Å². The van der Waals surface area contributed by atoms with Crippen molar-refractivity contribution >= 4 is 11.9 Å². The Kier molecular flexibility index (Phi) is 3.88. The van der Waals surface area contributed by atoms with Crippen LogP contribution in [-0.4, -0.2) is 19.0 Å². The summed E-state index contributed by atoms with van der Waals surface area (Å²) in [6, 6.07) is 4.48. The fraction of sp³-hybridized carbons (Fsp3) is 0.273. The first kappa shape index (κ1) is 12.0. The third kappa shape index (κ3) is 3.61. The number of ether oxygens (including phenoxy) is 3. The molecule has 0 unspecified atom stereocenters. The zero-order chi connectivity index (χ0) is 12.1. The Morgan fingerprint density at radius 2 is 1.25 bits per heavy atom. The smallest absolute Gasteiger partial charge is 0.308 e. The maximum absolute atomic E-state index is 10.8. The summed E-state index contributed by atoms with van der Waals surface area (Å²) in [6.07, 6.45) is 0. The average Bonchev–Trinajstić information content (AvgIpc) is 2.14. The number of esters is 2. The van der Waals surface area contributed by atoms with Crippen LogP contribution in [-0.2, 0) is 9.59 Å². The molecule has 0 amide bonds. The maximum Gasteiger partial charge on any atom is 0.308 e.